The predicted octanol–water partition coefficient (Wildman–Crippen LogP) is 4.36. The van der Waals surface area contributed by atoms with Crippen LogP contribution < -0.4 is 10.1 Å². The Bertz CT molecular complexity index is 756. The fourth-order valence-electron chi connectivity index (χ4n) is 3.22. The van der Waals surface area contributed by atoms with Gasteiger partial charge >= 0.3 is 6.18 Å². The lowest BCUT2D eigenvalue weighted by atomic mass is 9.97. The number of ether oxygens (including phenoxy) is 1. The lowest BCUT2D eigenvalue weighted by Gasteiger charge is -2.12. The molecule has 0 saturated carbocycles. The molecular formula is C20H20F3NO2. The van der Waals surface area contributed by atoms with Crippen molar-refractivity contribution in [2.75, 3.05) is 6.61 Å². The first-order valence-corrected chi connectivity index (χ1v) is 8.54. The van der Waals surface area contributed by atoms with E-state index in [2.05, 4.69) is 22.2 Å². The van der Waals surface area contributed by atoms with Crippen molar-refractivity contribution in [3.05, 3.63) is 65.2 Å². The molecule has 1 N–H and O–H groups in total. The maximum atomic E-state index is 12.2. The molecule has 0 aliphatic heterocycles. The van der Waals surface area contributed by atoms with Gasteiger partial charge in [0.1, 0.15) is 5.75 Å². The number of hydrogen-bond acceptors (Lipinski definition) is 2. The number of aryl methyl sites for hydroxylation is 1. The van der Waals surface area contributed by atoms with Gasteiger partial charge in [0.15, 0.2) is 6.61 Å². The Hall–Kier alpha value is -2.50. The highest BCUT2D eigenvalue weighted by Gasteiger charge is 2.28. The summed E-state index contributed by atoms with van der Waals surface area (Å²) >= 11 is 0. The second kappa shape index (κ2) is 7.81. The molecule has 6 heteroatoms. The van der Waals surface area contributed by atoms with Crippen molar-refractivity contribution >= 4 is 5.91 Å². The van der Waals surface area contributed by atoms with Gasteiger partial charge in [0.25, 0.3) is 0 Å². The van der Waals surface area contributed by atoms with E-state index in [-0.39, 0.29) is 17.6 Å². The van der Waals surface area contributed by atoms with Gasteiger partial charge in [0.2, 0.25) is 5.91 Å². The van der Waals surface area contributed by atoms with Gasteiger partial charge in [-0.15, -0.1) is 0 Å². The van der Waals surface area contributed by atoms with Crippen molar-refractivity contribution in [1.82, 2.24) is 5.32 Å². The Balaban J connectivity index is 1.46. The number of amides is 1. The summed E-state index contributed by atoms with van der Waals surface area (Å²) in [6.45, 7) is -0.974. The van der Waals surface area contributed by atoms with Gasteiger partial charge in [-0.2, -0.15) is 13.2 Å². The molecule has 0 spiro atoms. The Morgan fingerprint density at radius 3 is 2.58 bits per heavy atom. The van der Waals surface area contributed by atoms with E-state index >= 15 is 0 Å². The van der Waals surface area contributed by atoms with Crippen molar-refractivity contribution in [3.63, 3.8) is 0 Å². The number of alkyl halides is 3. The third-order valence-corrected chi connectivity index (χ3v) is 4.50. The van der Waals surface area contributed by atoms with Crippen LogP contribution in [0.25, 0.3) is 0 Å². The molecule has 0 saturated heterocycles. The first kappa shape index (κ1) is 18.3. The van der Waals surface area contributed by atoms with E-state index in [1.807, 2.05) is 12.1 Å². The van der Waals surface area contributed by atoms with Gasteiger partial charge in [-0.1, -0.05) is 36.4 Å². The maximum absolute atomic E-state index is 12.2. The second-order valence-corrected chi connectivity index (χ2v) is 6.46. The highest BCUT2D eigenvalue weighted by Crippen LogP contribution is 2.35. The average molecular weight is 363 g/mol. The Morgan fingerprint density at radius 1 is 1.12 bits per heavy atom. The summed E-state index contributed by atoms with van der Waals surface area (Å²) < 4.78 is 41.0. The number of rotatable bonds is 6. The minimum atomic E-state index is -4.36. The summed E-state index contributed by atoms with van der Waals surface area (Å²) in [6.07, 6.45) is -1.92. The number of hydrogen-bond donors (Lipinski definition) is 1. The third kappa shape index (κ3) is 5.00. The molecule has 1 amide bonds. The fourth-order valence-corrected chi connectivity index (χ4v) is 3.22. The molecule has 0 heterocycles. The minimum absolute atomic E-state index is 0.0240. The number of halogens is 3. The zero-order valence-electron chi connectivity index (χ0n) is 14.2. The molecule has 0 bridgehead atoms. The number of nitrogens with one attached hydrogen (secondary N) is 1. The molecule has 0 aromatic heterocycles. The summed E-state index contributed by atoms with van der Waals surface area (Å²) in [7, 11) is 0. The average Bonchev–Trinajstić information content (AvgIpc) is 3.01. The Labute approximate surface area is 150 Å². The third-order valence-electron chi connectivity index (χ3n) is 4.50. The highest BCUT2D eigenvalue weighted by molar-refractivity contribution is 5.77. The topological polar surface area (TPSA) is 38.3 Å². The van der Waals surface area contributed by atoms with E-state index in [1.54, 1.807) is 12.1 Å². The summed E-state index contributed by atoms with van der Waals surface area (Å²) in [5.41, 5.74) is 3.39. The molecule has 1 aliphatic carbocycles. The van der Waals surface area contributed by atoms with Crippen LogP contribution in [0, 0.1) is 0 Å². The van der Waals surface area contributed by atoms with Crippen molar-refractivity contribution in [2.45, 2.75) is 37.9 Å². The lowest BCUT2D eigenvalue weighted by Crippen LogP contribution is -2.24. The van der Waals surface area contributed by atoms with Crippen LogP contribution in [0.5, 0.6) is 5.75 Å². The molecule has 0 radical (unpaired) electrons. The van der Waals surface area contributed by atoms with Crippen molar-refractivity contribution in [3.8, 4) is 5.75 Å². The Kier molecular flexibility index (Phi) is 5.49. The monoisotopic (exact) mass is 363 g/mol. The molecule has 1 atom stereocenters. The standard InChI is InChI=1S/C20H20F3NO2/c21-20(22,23)13-26-17-9-5-14(6-10-17)12-24-19(25)11-16-8-7-15-3-1-2-4-18(15)16/h1-6,9-10,16H,7-8,11-13H2,(H,24,25). The van der Waals surface area contributed by atoms with Crippen molar-refractivity contribution in [2.24, 2.45) is 0 Å². The highest BCUT2D eigenvalue weighted by atomic mass is 19.4. The van der Waals surface area contributed by atoms with E-state index in [1.165, 1.54) is 23.3 Å². The van der Waals surface area contributed by atoms with E-state index in [0.29, 0.717) is 13.0 Å². The molecule has 138 valence electrons. The summed E-state index contributed by atoms with van der Waals surface area (Å²) in [4.78, 5) is 12.2. The van der Waals surface area contributed by atoms with Gasteiger partial charge in [0, 0.05) is 13.0 Å². The molecule has 2 aromatic carbocycles. The van der Waals surface area contributed by atoms with E-state index in [4.69, 9.17) is 0 Å². The van der Waals surface area contributed by atoms with Gasteiger partial charge in [-0.3, -0.25) is 4.79 Å². The predicted molar refractivity (Wildman–Crippen MR) is 92.0 cm³/mol. The van der Waals surface area contributed by atoms with Crippen LogP contribution in [-0.2, 0) is 17.8 Å². The van der Waals surface area contributed by atoms with Crippen LogP contribution in [0.15, 0.2) is 48.5 Å². The molecular weight excluding hydrogens is 343 g/mol. The summed E-state index contributed by atoms with van der Waals surface area (Å²) in [6, 6.07) is 14.4. The van der Waals surface area contributed by atoms with Gasteiger partial charge in [-0.05, 0) is 47.6 Å². The van der Waals surface area contributed by atoms with Gasteiger partial charge in [-0.25, -0.2) is 0 Å². The summed E-state index contributed by atoms with van der Waals surface area (Å²) in [5.74, 6) is 0.383. The van der Waals surface area contributed by atoms with Crippen LogP contribution in [0.4, 0.5) is 13.2 Å². The maximum Gasteiger partial charge on any atom is 0.422 e. The first-order chi connectivity index (χ1) is 12.4. The summed E-state index contributed by atoms with van der Waals surface area (Å²) in [5, 5.41) is 2.87. The molecule has 1 aliphatic rings. The fraction of sp³-hybridized carbons (Fsp3) is 0.350. The number of benzene rings is 2. The van der Waals surface area contributed by atoms with Crippen LogP contribution in [-0.4, -0.2) is 18.7 Å². The zero-order chi connectivity index (χ0) is 18.6. The van der Waals surface area contributed by atoms with Crippen LogP contribution in [0.1, 0.15) is 35.4 Å². The van der Waals surface area contributed by atoms with E-state index in [0.717, 1.165) is 18.4 Å². The van der Waals surface area contributed by atoms with Crippen LogP contribution in [0.3, 0.4) is 0 Å². The molecule has 26 heavy (non-hydrogen) atoms. The minimum Gasteiger partial charge on any atom is -0.484 e. The van der Waals surface area contributed by atoms with Crippen molar-refractivity contribution in [1.29, 1.82) is 0 Å². The molecule has 0 fully saturated rings. The van der Waals surface area contributed by atoms with E-state index in [9.17, 15) is 18.0 Å². The number of carbonyl (C=O) groups excluding carboxylic acids is 1. The van der Waals surface area contributed by atoms with E-state index < -0.39 is 12.8 Å². The van der Waals surface area contributed by atoms with Crippen LogP contribution >= 0.6 is 0 Å². The lowest BCUT2D eigenvalue weighted by molar-refractivity contribution is -0.153. The molecule has 2 aromatic rings. The first-order valence-electron chi connectivity index (χ1n) is 8.54. The quantitative estimate of drug-likeness (QED) is 0.828. The normalized spacial score (nSPS) is 16.2. The number of fused-ring (bicyclic) bond motifs is 1. The largest absolute Gasteiger partial charge is 0.484 e. The van der Waals surface area contributed by atoms with Gasteiger partial charge < -0.3 is 10.1 Å². The zero-order valence-corrected chi connectivity index (χ0v) is 14.2. The second-order valence-electron chi connectivity index (χ2n) is 6.46. The molecule has 3 nitrogen and oxygen atoms in total. The Morgan fingerprint density at radius 2 is 1.85 bits per heavy atom. The molecule has 3 rings (SSSR count). The SMILES string of the molecule is O=C(CC1CCc2ccccc21)NCc1ccc(OCC(F)(F)F)cc1. The van der Waals surface area contributed by atoms with Crippen molar-refractivity contribution < 1.29 is 22.7 Å². The number of carbonyl (C=O) groups is 1. The smallest absolute Gasteiger partial charge is 0.422 e. The van der Waals surface area contributed by atoms with Gasteiger partial charge in [0.05, 0.1) is 0 Å². The van der Waals surface area contributed by atoms with Crippen LogP contribution in [0.2, 0.25) is 0 Å². The molecule has 1 unspecified atom stereocenters.